The third-order valence-corrected chi connectivity index (χ3v) is 5.72. The number of hydrogen-bond donors (Lipinski definition) is 1. The second-order valence-electron chi connectivity index (χ2n) is 5.40. The molecule has 0 aliphatic rings. The summed E-state index contributed by atoms with van der Waals surface area (Å²) in [6.07, 6.45) is 2.27. The van der Waals surface area contributed by atoms with Crippen molar-refractivity contribution in [1.82, 2.24) is 24.3 Å². The van der Waals surface area contributed by atoms with Crippen molar-refractivity contribution < 1.29 is 4.79 Å². The predicted octanol–water partition coefficient (Wildman–Crippen LogP) is 0.777. The first kappa shape index (κ1) is 18.3. The Morgan fingerprint density at radius 2 is 2.04 bits per heavy atom. The van der Waals surface area contributed by atoms with Gasteiger partial charge in [-0.25, -0.2) is 9.78 Å². The van der Waals surface area contributed by atoms with E-state index in [1.54, 1.807) is 13.1 Å². The van der Waals surface area contributed by atoms with Crippen LogP contribution in [-0.4, -0.2) is 36.0 Å². The maximum absolute atomic E-state index is 12.5. The van der Waals surface area contributed by atoms with Crippen LogP contribution in [0.3, 0.4) is 0 Å². The number of amides is 1. The normalized spacial score (nSPS) is 11.0. The Balaban J connectivity index is 1.84. The summed E-state index contributed by atoms with van der Waals surface area (Å²) in [6.45, 7) is 1.96. The molecule has 0 saturated heterocycles. The summed E-state index contributed by atoms with van der Waals surface area (Å²) in [5.41, 5.74) is -0.589. The molecule has 0 aliphatic heterocycles. The fraction of sp³-hybridized carbons (Fsp3) is 0.333. The zero-order valence-corrected chi connectivity index (χ0v) is 16.0. The van der Waals surface area contributed by atoms with Crippen LogP contribution in [0.15, 0.2) is 26.7 Å². The van der Waals surface area contributed by atoms with Crippen LogP contribution >= 0.6 is 23.1 Å². The topological polar surface area (TPSA) is 112 Å². The van der Waals surface area contributed by atoms with Crippen LogP contribution < -0.4 is 16.6 Å². The first-order chi connectivity index (χ1) is 12.4. The van der Waals surface area contributed by atoms with Gasteiger partial charge in [0, 0.05) is 25.2 Å². The lowest BCUT2D eigenvalue weighted by Crippen LogP contribution is -2.37. The van der Waals surface area contributed by atoms with E-state index in [0.717, 1.165) is 16.0 Å². The van der Waals surface area contributed by atoms with Crippen LogP contribution in [-0.2, 0) is 25.3 Å². The van der Waals surface area contributed by atoms with Gasteiger partial charge in [-0.3, -0.25) is 24.0 Å². The van der Waals surface area contributed by atoms with E-state index in [1.807, 2.05) is 6.92 Å². The van der Waals surface area contributed by atoms with Crippen molar-refractivity contribution in [2.75, 3.05) is 11.1 Å². The first-order valence-electron chi connectivity index (χ1n) is 7.72. The number of carbonyl (C=O) groups excluding carboxylic acids is 1. The molecule has 0 spiro atoms. The summed E-state index contributed by atoms with van der Waals surface area (Å²) in [7, 11) is 2.97. The summed E-state index contributed by atoms with van der Waals surface area (Å²) in [4.78, 5) is 41.4. The number of hydrogen-bond acceptors (Lipinski definition) is 8. The largest absolute Gasteiger partial charge is 0.332 e. The quantitative estimate of drug-likeness (QED) is 0.639. The van der Waals surface area contributed by atoms with E-state index >= 15 is 0 Å². The van der Waals surface area contributed by atoms with Crippen molar-refractivity contribution >= 4 is 45.2 Å². The van der Waals surface area contributed by atoms with E-state index in [-0.39, 0.29) is 11.7 Å². The molecule has 9 nitrogen and oxygen atoms in total. The molecule has 0 unspecified atom stereocenters. The number of nitrogens with zero attached hydrogens (tertiary/aromatic N) is 5. The lowest BCUT2D eigenvalue weighted by molar-refractivity contribution is -0.113. The third kappa shape index (κ3) is 3.40. The average molecular weight is 392 g/mol. The smallest absolute Gasteiger partial charge is 0.300 e. The molecule has 1 amide bonds. The van der Waals surface area contributed by atoms with Gasteiger partial charge < -0.3 is 0 Å². The number of aromatic nitrogens is 5. The van der Waals surface area contributed by atoms with Crippen LogP contribution in [0.2, 0.25) is 0 Å². The minimum atomic E-state index is -0.446. The van der Waals surface area contributed by atoms with E-state index in [1.165, 1.54) is 40.9 Å². The maximum atomic E-state index is 12.5. The number of pyridine rings is 1. The number of rotatable bonds is 5. The molecule has 0 bridgehead atoms. The summed E-state index contributed by atoms with van der Waals surface area (Å²) in [5.74, 6) is -0.160. The molecule has 26 heavy (non-hydrogen) atoms. The molecule has 0 fully saturated rings. The van der Waals surface area contributed by atoms with Gasteiger partial charge >= 0.3 is 5.69 Å². The molecule has 0 radical (unpaired) electrons. The van der Waals surface area contributed by atoms with Gasteiger partial charge in [0.2, 0.25) is 11.0 Å². The monoisotopic (exact) mass is 392 g/mol. The number of fused-ring (bicyclic) bond motifs is 1. The van der Waals surface area contributed by atoms with Gasteiger partial charge in [-0.2, -0.15) is 0 Å². The highest BCUT2D eigenvalue weighted by Gasteiger charge is 2.15. The van der Waals surface area contributed by atoms with Crippen LogP contribution in [0.4, 0.5) is 5.13 Å². The standard InChI is InChI=1S/C15H16N6O3S2/c1-4-10-18-19-14(26-10)17-9(22)7-25-8-5-6-16-12-11(8)13(23)21(3)15(24)20(12)2/h5-6H,4,7H2,1-3H3,(H,17,19,22). The maximum Gasteiger partial charge on any atom is 0.332 e. The summed E-state index contributed by atoms with van der Waals surface area (Å²) in [5, 5.41) is 12.2. The van der Waals surface area contributed by atoms with E-state index < -0.39 is 11.2 Å². The SMILES string of the molecule is CCc1nnc(NC(=O)CSc2ccnc3c2c(=O)n(C)c(=O)n3C)s1. The number of anilines is 1. The average Bonchev–Trinajstić information content (AvgIpc) is 3.10. The molecular formula is C15H16N6O3S2. The van der Waals surface area contributed by atoms with Gasteiger partial charge in [0.15, 0.2) is 0 Å². The van der Waals surface area contributed by atoms with Crippen molar-refractivity contribution in [3.8, 4) is 0 Å². The van der Waals surface area contributed by atoms with Crippen molar-refractivity contribution in [2.45, 2.75) is 18.2 Å². The summed E-state index contributed by atoms with van der Waals surface area (Å²) in [6, 6.07) is 1.66. The Morgan fingerprint density at radius 3 is 2.73 bits per heavy atom. The molecule has 3 aromatic rings. The molecule has 136 valence electrons. The number of aryl methyl sites for hydroxylation is 2. The molecule has 0 aromatic carbocycles. The van der Waals surface area contributed by atoms with Gasteiger partial charge in [0.05, 0.1) is 11.1 Å². The van der Waals surface area contributed by atoms with Gasteiger partial charge in [0.1, 0.15) is 10.7 Å². The number of nitrogens with one attached hydrogen (secondary N) is 1. The number of carbonyl (C=O) groups is 1. The predicted molar refractivity (Wildman–Crippen MR) is 101 cm³/mol. The van der Waals surface area contributed by atoms with Gasteiger partial charge in [-0.1, -0.05) is 18.3 Å². The Hall–Kier alpha value is -2.53. The van der Waals surface area contributed by atoms with E-state index in [4.69, 9.17) is 0 Å². The highest BCUT2D eigenvalue weighted by Crippen LogP contribution is 2.24. The molecule has 3 heterocycles. The lowest BCUT2D eigenvalue weighted by Gasteiger charge is -2.09. The van der Waals surface area contributed by atoms with E-state index in [9.17, 15) is 14.4 Å². The summed E-state index contributed by atoms with van der Waals surface area (Å²) >= 11 is 2.53. The second-order valence-corrected chi connectivity index (χ2v) is 7.48. The highest BCUT2D eigenvalue weighted by molar-refractivity contribution is 8.00. The Kier molecular flexibility index (Phi) is 5.18. The lowest BCUT2D eigenvalue weighted by atomic mass is 10.3. The minimum absolute atomic E-state index is 0.0894. The van der Waals surface area contributed by atoms with Crippen molar-refractivity contribution in [3.05, 3.63) is 38.1 Å². The van der Waals surface area contributed by atoms with Gasteiger partial charge in [-0.05, 0) is 12.5 Å². The number of thioether (sulfide) groups is 1. The summed E-state index contributed by atoms with van der Waals surface area (Å²) < 4.78 is 2.34. The second kappa shape index (κ2) is 7.38. The van der Waals surface area contributed by atoms with Gasteiger partial charge in [-0.15, -0.1) is 22.0 Å². The van der Waals surface area contributed by atoms with Crippen molar-refractivity contribution in [2.24, 2.45) is 14.1 Å². The van der Waals surface area contributed by atoms with Crippen LogP contribution in [0.5, 0.6) is 0 Å². The zero-order valence-electron chi connectivity index (χ0n) is 14.3. The molecular weight excluding hydrogens is 376 g/mol. The first-order valence-corrected chi connectivity index (χ1v) is 9.52. The molecule has 0 atom stereocenters. The Labute approximate surface area is 156 Å². The molecule has 3 aromatic heterocycles. The van der Waals surface area contributed by atoms with Crippen LogP contribution in [0.1, 0.15) is 11.9 Å². The third-order valence-electron chi connectivity index (χ3n) is 3.68. The van der Waals surface area contributed by atoms with Crippen molar-refractivity contribution in [3.63, 3.8) is 0 Å². The minimum Gasteiger partial charge on any atom is -0.300 e. The molecule has 3 rings (SSSR count). The van der Waals surface area contributed by atoms with Crippen LogP contribution in [0.25, 0.3) is 11.0 Å². The Morgan fingerprint density at radius 1 is 1.27 bits per heavy atom. The highest BCUT2D eigenvalue weighted by atomic mass is 32.2. The Bertz CT molecular complexity index is 1100. The molecule has 0 aliphatic carbocycles. The zero-order chi connectivity index (χ0) is 18.8. The van der Waals surface area contributed by atoms with E-state index in [2.05, 4.69) is 20.5 Å². The van der Waals surface area contributed by atoms with Crippen molar-refractivity contribution in [1.29, 1.82) is 0 Å². The fourth-order valence-electron chi connectivity index (χ4n) is 2.33. The molecule has 1 N–H and O–H groups in total. The van der Waals surface area contributed by atoms with E-state index in [0.29, 0.717) is 21.1 Å². The van der Waals surface area contributed by atoms with Gasteiger partial charge in [0.25, 0.3) is 5.56 Å². The molecule has 0 saturated carbocycles. The fourth-order valence-corrected chi connectivity index (χ4v) is 3.86. The molecule has 11 heteroatoms. The van der Waals surface area contributed by atoms with Crippen LogP contribution in [0, 0.1) is 0 Å².